The highest BCUT2D eigenvalue weighted by molar-refractivity contribution is 6.51. The number of anilines is 1. The SMILES string of the molecule is CCOc1ccc(C2/C(=C(\O)c3cc(C)ccc3C)C(=O)C(=O)N2c2ccc(C)cc2)cc1. The van der Waals surface area contributed by atoms with Gasteiger partial charge in [0, 0.05) is 11.3 Å². The fourth-order valence-corrected chi connectivity index (χ4v) is 4.17. The molecule has 3 aromatic carbocycles. The third kappa shape index (κ3) is 4.14. The maximum atomic E-state index is 13.3. The molecular formula is C28H27NO4. The molecule has 168 valence electrons. The molecule has 1 atom stereocenters. The average molecular weight is 442 g/mol. The predicted octanol–water partition coefficient (Wildman–Crippen LogP) is 5.64. The molecular weight excluding hydrogens is 414 g/mol. The molecule has 33 heavy (non-hydrogen) atoms. The van der Waals surface area contributed by atoms with Crippen molar-refractivity contribution in [2.45, 2.75) is 33.7 Å². The van der Waals surface area contributed by atoms with Crippen LogP contribution < -0.4 is 9.64 Å². The monoisotopic (exact) mass is 441 g/mol. The number of aryl methyl sites for hydroxylation is 3. The summed E-state index contributed by atoms with van der Waals surface area (Å²) >= 11 is 0. The summed E-state index contributed by atoms with van der Waals surface area (Å²) in [5, 5.41) is 11.3. The Morgan fingerprint density at radius 2 is 1.55 bits per heavy atom. The van der Waals surface area contributed by atoms with Gasteiger partial charge >= 0.3 is 0 Å². The van der Waals surface area contributed by atoms with Crippen LogP contribution in [0.1, 0.15) is 40.8 Å². The van der Waals surface area contributed by atoms with Crippen molar-refractivity contribution < 1.29 is 19.4 Å². The normalized spacial score (nSPS) is 17.5. The molecule has 0 bridgehead atoms. The van der Waals surface area contributed by atoms with Crippen molar-refractivity contribution in [3.05, 3.63) is 100 Å². The van der Waals surface area contributed by atoms with Gasteiger partial charge in [0.2, 0.25) is 0 Å². The highest BCUT2D eigenvalue weighted by Crippen LogP contribution is 2.42. The van der Waals surface area contributed by atoms with Crippen molar-refractivity contribution in [1.29, 1.82) is 0 Å². The Hall–Kier alpha value is -3.86. The molecule has 4 rings (SSSR count). The zero-order valence-electron chi connectivity index (χ0n) is 19.3. The highest BCUT2D eigenvalue weighted by Gasteiger charge is 2.47. The molecule has 1 aliphatic heterocycles. The van der Waals surface area contributed by atoms with Crippen LogP contribution in [0.25, 0.3) is 5.76 Å². The summed E-state index contributed by atoms with van der Waals surface area (Å²) in [5.41, 5.74) is 4.76. The summed E-state index contributed by atoms with van der Waals surface area (Å²) in [7, 11) is 0. The lowest BCUT2D eigenvalue weighted by Gasteiger charge is -2.26. The van der Waals surface area contributed by atoms with Gasteiger partial charge < -0.3 is 9.84 Å². The summed E-state index contributed by atoms with van der Waals surface area (Å²) in [5.74, 6) is -0.830. The largest absolute Gasteiger partial charge is 0.507 e. The predicted molar refractivity (Wildman–Crippen MR) is 129 cm³/mol. The number of amides is 1. The van der Waals surface area contributed by atoms with Crippen molar-refractivity contribution in [3.8, 4) is 5.75 Å². The highest BCUT2D eigenvalue weighted by atomic mass is 16.5. The Morgan fingerprint density at radius 3 is 2.18 bits per heavy atom. The van der Waals surface area contributed by atoms with Gasteiger partial charge in [-0.05, 0) is 69.2 Å². The van der Waals surface area contributed by atoms with Crippen LogP contribution in [0.5, 0.6) is 5.75 Å². The van der Waals surface area contributed by atoms with Crippen molar-refractivity contribution in [2.75, 3.05) is 11.5 Å². The zero-order valence-corrected chi connectivity index (χ0v) is 19.3. The minimum atomic E-state index is -0.761. The first-order chi connectivity index (χ1) is 15.8. The summed E-state index contributed by atoms with van der Waals surface area (Å²) < 4.78 is 5.55. The van der Waals surface area contributed by atoms with Gasteiger partial charge in [-0.2, -0.15) is 0 Å². The van der Waals surface area contributed by atoms with Gasteiger partial charge in [-0.25, -0.2) is 0 Å². The number of hydrogen-bond donors (Lipinski definition) is 1. The Kier molecular flexibility index (Phi) is 6.05. The van der Waals surface area contributed by atoms with E-state index >= 15 is 0 Å². The maximum Gasteiger partial charge on any atom is 0.300 e. The van der Waals surface area contributed by atoms with Crippen LogP contribution >= 0.6 is 0 Å². The van der Waals surface area contributed by atoms with E-state index < -0.39 is 17.7 Å². The molecule has 1 aliphatic rings. The standard InChI is InChI=1S/C28H27NO4/c1-5-33-22-14-10-20(11-15-22)25-24(26(30)23-16-18(3)6-9-19(23)4)27(31)28(32)29(25)21-12-7-17(2)8-13-21/h6-16,25,30H,5H2,1-4H3/b26-24+. The molecule has 5 nitrogen and oxygen atoms in total. The van der Waals surface area contributed by atoms with E-state index in [0.717, 1.165) is 16.7 Å². The smallest absolute Gasteiger partial charge is 0.300 e. The number of benzene rings is 3. The van der Waals surface area contributed by atoms with E-state index in [4.69, 9.17) is 4.74 Å². The third-order valence-corrected chi connectivity index (χ3v) is 5.91. The molecule has 0 spiro atoms. The summed E-state index contributed by atoms with van der Waals surface area (Å²) in [4.78, 5) is 28.0. The van der Waals surface area contributed by atoms with E-state index in [1.54, 1.807) is 0 Å². The lowest BCUT2D eigenvalue weighted by atomic mass is 9.93. The second-order valence-electron chi connectivity index (χ2n) is 8.33. The van der Waals surface area contributed by atoms with E-state index in [9.17, 15) is 14.7 Å². The van der Waals surface area contributed by atoms with Gasteiger partial charge in [0.1, 0.15) is 11.5 Å². The fraction of sp³-hybridized carbons (Fsp3) is 0.214. The van der Waals surface area contributed by atoms with E-state index in [-0.39, 0.29) is 11.3 Å². The molecule has 0 aromatic heterocycles. The van der Waals surface area contributed by atoms with Gasteiger partial charge in [-0.3, -0.25) is 14.5 Å². The van der Waals surface area contributed by atoms with Crippen LogP contribution in [-0.4, -0.2) is 23.4 Å². The first-order valence-electron chi connectivity index (χ1n) is 11.0. The minimum Gasteiger partial charge on any atom is -0.507 e. The molecule has 1 saturated heterocycles. The summed E-state index contributed by atoms with van der Waals surface area (Å²) in [6.07, 6.45) is 0. The summed E-state index contributed by atoms with van der Waals surface area (Å²) in [6.45, 7) is 8.20. The van der Waals surface area contributed by atoms with E-state index in [1.165, 1.54) is 4.90 Å². The number of carbonyl (C=O) groups excluding carboxylic acids is 2. The van der Waals surface area contributed by atoms with Crippen molar-refractivity contribution >= 4 is 23.1 Å². The maximum absolute atomic E-state index is 13.3. The number of ether oxygens (including phenoxy) is 1. The third-order valence-electron chi connectivity index (χ3n) is 5.91. The lowest BCUT2D eigenvalue weighted by Crippen LogP contribution is -2.29. The van der Waals surface area contributed by atoms with Crippen molar-refractivity contribution in [3.63, 3.8) is 0 Å². The second kappa shape index (κ2) is 8.94. The van der Waals surface area contributed by atoms with E-state index in [2.05, 4.69) is 0 Å². The second-order valence-corrected chi connectivity index (χ2v) is 8.33. The molecule has 0 radical (unpaired) electrons. The van der Waals surface area contributed by atoms with Gasteiger partial charge in [0.05, 0.1) is 18.2 Å². The lowest BCUT2D eigenvalue weighted by molar-refractivity contribution is -0.132. The van der Waals surface area contributed by atoms with Crippen LogP contribution in [-0.2, 0) is 9.59 Å². The molecule has 1 unspecified atom stereocenters. The first-order valence-corrected chi connectivity index (χ1v) is 11.0. The summed E-state index contributed by atoms with van der Waals surface area (Å²) in [6, 6.07) is 19.6. The number of aliphatic hydroxyl groups excluding tert-OH is 1. The molecule has 0 saturated carbocycles. The topological polar surface area (TPSA) is 66.8 Å². The quantitative estimate of drug-likeness (QED) is 0.316. The number of ketones is 1. The Balaban J connectivity index is 1.93. The van der Waals surface area contributed by atoms with E-state index in [0.29, 0.717) is 29.2 Å². The number of rotatable bonds is 5. The van der Waals surface area contributed by atoms with Crippen LogP contribution in [0.15, 0.2) is 72.3 Å². The Bertz CT molecular complexity index is 1240. The molecule has 1 N–H and O–H groups in total. The molecule has 3 aromatic rings. The van der Waals surface area contributed by atoms with Crippen LogP contribution in [0.4, 0.5) is 5.69 Å². The number of nitrogens with zero attached hydrogens (tertiary/aromatic N) is 1. The van der Waals surface area contributed by atoms with Gasteiger partial charge in [0.25, 0.3) is 11.7 Å². The van der Waals surface area contributed by atoms with Gasteiger partial charge in [-0.1, -0.05) is 47.5 Å². The number of aliphatic hydroxyl groups is 1. The van der Waals surface area contributed by atoms with Crippen molar-refractivity contribution in [1.82, 2.24) is 0 Å². The molecule has 1 heterocycles. The molecule has 1 fully saturated rings. The first kappa shape index (κ1) is 22.3. The number of Topliss-reactive ketones (excluding diaryl/α,β-unsaturated/α-hetero) is 1. The number of hydrogen-bond acceptors (Lipinski definition) is 4. The Labute approximate surface area is 193 Å². The fourth-order valence-electron chi connectivity index (χ4n) is 4.17. The van der Waals surface area contributed by atoms with Gasteiger partial charge in [-0.15, -0.1) is 0 Å². The minimum absolute atomic E-state index is 0.0819. The zero-order chi connectivity index (χ0) is 23.7. The van der Waals surface area contributed by atoms with E-state index in [1.807, 2.05) is 94.4 Å². The Morgan fingerprint density at radius 1 is 0.909 bits per heavy atom. The van der Waals surface area contributed by atoms with Crippen LogP contribution in [0.3, 0.4) is 0 Å². The number of carbonyl (C=O) groups is 2. The average Bonchev–Trinajstić information content (AvgIpc) is 3.07. The van der Waals surface area contributed by atoms with Crippen molar-refractivity contribution in [2.24, 2.45) is 0 Å². The molecule has 1 amide bonds. The van der Waals surface area contributed by atoms with Gasteiger partial charge in [0.15, 0.2) is 0 Å². The van der Waals surface area contributed by atoms with Crippen LogP contribution in [0, 0.1) is 20.8 Å². The molecule has 0 aliphatic carbocycles. The van der Waals surface area contributed by atoms with Crippen LogP contribution in [0.2, 0.25) is 0 Å². The molecule has 5 heteroatoms.